The van der Waals surface area contributed by atoms with Gasteiger partial charge in [0.25, 0.3) is 0 Å². The first-order valence-electron chi connectivity index (χ1n) is 12.9. The molecule has 0 aliphatic carbocycles. The van der Waals surface area contributed by atoms with Gasteiger partial charge in [-0.25, -0.2) is 0 Å². The lowest BCUT2D eigenvalue weighted by molar-refractivity contribution is -0.120. The number of benzene rings is 4. The van der Waals surface area contributed by atoms with Gasteiger partial charge in [-0.1, -0.05) is 97.7 Å². The molecule has 39 heavy (non-hydrogen) atoms. The molecule has 0 spiro atoms. The monoisotopic (exact) mass is 553 g/mol. The lowest BCUT2D eigenvalue weighted by atomic mass is 9.90. The number of carbonyl (C=O) groups excluding carboxylic acids is 1. The molecular formula is C31H28ClN5OS. The number of aromatic nitrogens is 3. The van der Waals surface area contributed by atoms with E-state index in [2.05, 4.69) is 39.9 Å². The molecule has 0 saturated heterocycles. The third kappa shape index (κ3) is 6.33. The van der Waals surface area contributed by atoms with Gasteiger partial charge >= 0.3 is 0 Å². The van der Waals surface area contributed by atoms with Crippen molar-refractivity contribution in [2.75, 3.05) is 5.32 Å². The second-order valence-corrected chi connectivity index (χ2v) is 10.1. The lowest BCUT2D eigenvalue weighted by Crippen LogP contribution is -2.38. The van der Waals surface area contributed by atoms with E-state index in [0.717, 1.165) is 23.2 Å². The highest BCUT2D eigenvalue weighted by molar-refractivity contribution is 7.80. The van der Waals surface area contributed by atoms with Gasteiger partial charge in [-0.05, 0) is 66.0 Å². The van der Waals surface area contributed by atoms with Crippen LogP contribution in [0, 0.1) is 0 Å². The highest BCUT2D eigenvalue weighted by Gasteiger charge is 2.23. The highest BCUT2D eigenvalue weighted by Crippen LogP contribution is 2.28. The van der Waals surface area contributed by atoms with Crippen LogP contribution in [0.2, 0.25) is 5.02 Å². The Morgan fingerprint density at radius 3 is 2.08 bits per heavy atom. The second-order valence-electron chi connectivity index (χ2n) is 9.28. The maximum absolute atomic E-state index is 13.4. The fourth-order valence-electron chi connectivity index (χ4n) is 4.45. The normalized spacial score (nSPS) is 11.1. The molecule has 1 heterocycles. The largest absolute Gasteiger partial charge is 0.331 e. The van der Waals surface area contributed by atoms with Gasteiger partial charge in [0.15, 0.2) is 5.11 Å². The SMILES string of the molecule is CCCCc1ccc(-n2nc3cc(Cl)c(NC(=S)NC(=O)C(c4ccccc4)c4ccccc4)cc3n2)cc1. The van der Waals surface area contributed by atoms with Crippen LogP contribution in [0.5, 0.6) is 0 Å². The molecule has 5 rings (SSSR count). The molecule has 2 N–H and O–H groups in total. The average molecular weight is 554 g/mol. The van der Waals surface area contributed by atoms with Crippen molar-refractivity contribution in [3.05, 3.63) is 119 Å². The Morgan fingerprint density at radius 1 is 0.897 bits per heavy atom. The van der Waals surface area contributed by atoms with Gasteiger partial charge in [-0.3, -0.25) is 4.79 Å². The summed E-state index contributed by atoms with van der Waals surface area (Å²) in [6.45, 7) is 2.19. The number of thiocarbonyl (C=S) groups is 1. The molecule has 5 aromatic rings. The van der Waals surface area contributed by atoms with Crippen molar-refractivity contribution in [2.45, 2.75) is 32.1 Å². The van der Waals surface area contributed by atoms with Crippen molar-refractivity contribution in [1.82, 2.24) is 20.3 Å². The number of aryl methyl sites for hydroxylation is 1. The quantitative estimate of drug-likeness (QED) is 0.201. The minimum atomic E-state index is -0.515. The van der Waals surface area contributed by atoms with Gasteiger partial charge in [0, 0.05) is 0 Å². The zero-order chi connectivity index (χ0) is 27.2. The number of halogens is 1. The zero-order valence-electron chi connectivity index (χ0n) is 21.5. The van der Waals surface area contributed by atoms with Crippen LogP contribution in [-0.4, -0.2) is 26.0 Å². The van der Waals surface area contributed by atoms with E-state index >= 15 is 0 Å². The number of unbranched alkanes of at least 4 members (excludes halogenated alkanes) is 1. The summed E-state index contributed by atoms with van der Waals surface area (Å²) in [5.74, 6) is -0.756. The number of rotatable bonds is 8. The number of anilines is 1. The van der Waals surface area contributed by atoms with Crippen molar-refractivity contribution in [1.29, 1.82) is 0 Å². The van der Waals surface area contributed by atoms with Crippen LogP contribution in [0.15, 0.2) is 97.1 Å². The maximum Gasteiger partial charge on any atom is 0.238 e. The number of nitrogens with one attached hydrogen (secondary N) is 2. The molecule has 8 heteroatoms. The summed E-state index contributed by atoms with van der Waals surface area (Å²) in [6, 6.07) is 31.0. The lowest BCUT2D eigenvalue weighted by Gasteiger charge is -2.19. The van der Waals surface area contributed by atoms with Gasteiger partial charge in [0.05, 0.1) is 22.3 Å². The van der Waals surface area contributed by atoms with Crippen LogP contribution < -0.4 is 10.6 Å². The van der Waals surface area contributed by atoms with Crippen LogP contribution in [0.3, 0.4) is 0 Å². The van der Waals surface area contributed by atoms with Crippen molar-refractivity contribution in [3.63, 3.8) is 0 Å². The van der Waals surface area contributed by atoms with Crippen molar-refractivity contribution in [2.24, 2.45) is 0 Å². The van der Waals surface area contributed by atoms with Crippen LogP contribution >= 0.6 is 23.8 Å². The van der Waals surface area contributed by atoms with E-state index in [1.54, 1.807) is 16.9 Å². The van der Waals surface area contributed by atoms with E-state index in [1.165, 1.54) is 18.4 Å². The van der Waals surface area contributed by atoms with E-state index in [4.69, 9.17) is 23.8 Å². The molecule has 196 valence electrons. The van der Waals surface area contributed by atoms with E-state index in [-0.39, 0.29) is 11.0 Å². The molecule has 0 aliphatic heterocycles. The van der Waals surface area contributed by atoms with Gasteiger partial charge in [-0.15, -0.1) is 10.2 Å². The van der Waals surface area contributed by atoms with E-state index < -0.39 is 5.92 Å². The minimum Gasteiger partial charge on any atom is -0.331 e. The predicted octanol–water partition coefficient (Wildman–Crippen LogP) is 7.06. The van der Waals surface area contributed by atoms with E-state index in [9.17, 15) is 4.79 Å². The highest BCUT2D eigenvalue weighted by atomic mass is 35.5. The van der Waals surface area contributed by atoms with Gasteiger partial charge in [0.1, 0.15) is 11.0 Å². The van der Waals surface area contributed by atoms with E-state index in [0.29, 0.717) is 21.7 Å². The van der Waals surface area contributed by atoms with Crippen LogP contribution in [-0.2, 0) is 11.2 Å². The topological polar surface area (TPSA) is 71.8 Å². The van der Waals surface area contributed by atoms with Crippen LogP contribution in [0.1, 0.15) is 42.4 Å². The van der Waals surface area contributed by atoms with Gasteiger partial charge in [-0.2, -0.15) is 4.80 Å². The molecule has 0 unspecified atom stereocenters. The Labute approximate surface area is 238 Å². The van der Waals surface area contributed by atoms with E-state index in [1.807, 2.05) is 72.8 Å². The zero-order valence-corrected chi connectivity index (χ0v) is 23.0. The van der Waals surface area contributed by atoms with Crippen molar-refractivity contribution in [3.8, 4) is 5.69 Å². The smallest absolute Gasteiger partial charge is 0.238 e. The molecule has 1 amide bonds. The molecule has 0 aliphatic rings. The Hall–Kier alpha value is -4.07. The summed E-state index contributed by atoms with van der Waals surface area (Å²) in [5.41, 5.74) is 5.75. The Balaban J connectivity index is 1.32. The maximum atomic E-state index is 13.4. The van der Waals surface area contributed by atoms with Gasteiger partial charge in [0.2, 0.25) is 5.91 Å². The molecule has 0 bridgehead atoms. The van der Waals surface area contributed by atoms with Crippen LogP contribution in [0.4, 0.5) is 5.69 Å². The Morgan fingerprint density at radius 2 is 1.49 bits per heavy atom. The first-order valence-corrected chi connectivity index (χ1v) is 13.7. The first-order chi connectivity index (χ1) is 19.0. The average Bonchev–Trinajstić information content (AvgIpc) is 3.36. The predicted molar refractivity (Wildman–Crippen MR) is 162 cm³/mol. The number of fused-ring (bicyclic) bond motifs is 1. The number of carbonyl (C=O) groups is 1. The summed E-state index contributed by atoms with van der Waals surface area (Å²) in [7, 11) is 0. The molecular weight excluding hydrogens is 526 g/mol. The standard InChI is InChI=1S/C31H28ClN5OS/c1-2-3-10-21-15-17-24(18-16-21)37-35-27-19-25(32)26(20-28(27)36-37)33-31(39)34-30(38)29(22-11-6-4-7-12-22)23-13-8-5-9-14-23/h4-9,11-20,29H,2-3,10H2,1H3,(H2,33,34,38,39). The summed E-state index contributed by atoms with van der Waals surface area (Å²) in [5, 5.41) is 15.7. The minimum absolute atomic E-state index is 0.146. The second kappa shape index (κ2) is 12.2. The van der Waals surface area contributed by atoms with Gasteiger partial charge < -0.3 is 10.6 Å². The molecule has 6 nitrogen and oxygen atoms in total. The molecule has 0 saturated carbocycles. The Bertz CT molecular complexity index is 1550. The molecule has 4 aromatic carbocycles. The third-order valence-corrected chi connectivity index (χ3v) is 6.99. The summed E-state index contributed by atoms with van der Waals surface area (Å²) < 4.78 is 0. The van der Waals surface area contributed by atoms with Crippen molar-refractivity contribution < 1.29 is 4.79 Å². The molecule has 1 aromatic heterocycles. The van der Waals surface area contributed by atoms with Crippen molar-refractivity contribution >= 4 is 51.6 Å². The summed E-state index contributed by atoms with van der Waals surface area (Å²) in [6.07, 6.45) is 3.39. The Kier molecular flexibility index (Phi) is 8.30. The molecule has 0 radical (unpaired) electrons. The number of hydrogen-bond acceptors (Lipinski definition) is 4. The fraction of sp³-hybridized carbons (Fsp3) is 0.161. The molecule has 0 fully saturated rings. The summed E-state index contributed by atoms with van der Waals surface area (Å²) >= 11 is 12.0. The summed E-state index contributed by atoms with van der Waals surface area (Å²) in [4.78, 5) is 15.0. The molecule has 0 atom stereocenters. The third-order valence-electron chi connectivity index (χ3n) is 6.47. The fourth-order valence-corrected chi connectivity index (χ4v) is 4.87. The number of amides is 1. The number of hydrogen-bond donors (Lipinski definition) is 2. The number of nitrogens with zero attached hydrogens (tertiary/aromatic N) is 3. The first kappa shape index (κ1) is 26.5. The van der Waals surface area contributed by atoms with Crippen LogP contribution in [0.25, 0.3) is 16.7 Å².